The first-order valence-corrected chi connectivity index (χ1v) is 9.42. The van der Waals surface area contributed by atoms with Crippen molar-refractivity contribution in [1.29, 1.82) is 0 Å². The van der Waals surface area contributed by atoms with Crippen molar-refractivity contribution < 1.29 is 27.1 Å². The van der Waals surface area contributed by atoms with Crippen molar-refractivity contribution in [2.24, 2.45) is 0 Å². The second-order valence-electron chi connectivity index (χ2n) is 7.33. The van der Waals surface area contributed by atoms with Crippen LogP contribution < -0.4 is 0 Å². The minimum absolute atomic E-state index is 0.0277. The monoisotopic (exact) mass is 430 g/mol. The number of benzene rings is 1. The van der Waals surface area contributed by atoms with E-state index in [0.717, 1.165) is 23.4 Å². The molecule has 1 aliphatic rings. The largest absolute Gasteiger partial charge is 0.464 e. The Morgan fingerprint density at radius 3 is 2.45 bits per heavy atom. The molecule has 0 spiro atoms. The predicted octanol–water partition coefficient (Wildman–Crippen LogP) is 4.77. The summed E-state index contributed by atoms with van der Waals surface area (Å²) < 4.78 is 59.5. The highest BCUT2D eigenvalue weighted by Gasteiger charge is 2.37. The van der Waals surface area contributed by atoms with Crippen LogP contribution >= 0.6 is 0 Å². The molecule has 3 heterocycles. The number of esters is 1. The highest BCUT2D eigenvalue weighted by molar-refractivity contribution is 5.97. The number of hydrogen-bond acceptors (Lipinski definition) is 5. The molecule has 0 saturated heterocycles. The summed E-state index contributed by atoms with van der Waals surface area (Å²) in [4.78, 5) is 20.7. The fourth-order valence-corrected chi connectivity index (χ4v) is 3.59. The fourth-order valence-electron chi connectivity index (χ4n) is 3.59. The van der Waals surface area contributed by atoms with E-state index in [-0.39, 0.29) is 22.9 Å². The van der Waals surface area contributed by atoms with Gasteiger partial charge in [-0.05, 0) is 60.7 Å². The second kappa shape index (κ2) is 6.73. The number of hydrogen-bond donors (Lipinski definition) is 0. The average molecular weight is 430 g/mol. The molecule has 0 atom stereocenters. The Bertz CT molecular complexity index is 1340. The summed E-state index contributed by atoms with van der Waals surface area (Å²) in [5.41, 5.74) is 0.286. The molecule has 1 aromatic carbocycles. The van der Waals surface area contributed by atoms with Gasteiger partial charge < -0.3 is 4.74 Å². The first kappa shape index (κ1) is 19.4. The van der Waals surface area contributed by atoms with Crippen LogP contribution in [0.4, 0.5) is 17.6 Å². The number of halogens is 4. The molecule has 31 heavy (non-hydrogen) atoms. The highest BCUT2D eigenvalue weighted by Crippen LogP contribution is 2.45. The molecular formula is C21H14F4N4O2. The number of pyridine rings is 1. The summed E-state index contributed by atoms with van der Waals surface area (Å²) in [6.45, 7) is 0. The molecular weight excluding hydrogens is 416 g/mol. The lowest BCUT2D eigenvalue weighted by Crippen LogP contribution is -2.10. The highest BCUT2D eigenvalue weighted by atomic mass is 19.4. The summed E-state index contributed by atoms with van der Waals surface area (Å²) in [5.74, 6) is -1.24. The van der Waals surface area contributed by atoms with Gasteiger partial charge in [-0.15, -0.1) is 5.10 Å². The molecule has 3 aromatic heterocycles. The third kappa shape index (κ3) is 3.28. The van der Waals surface area contributed by atoms with Crippen molar-refractivity contribution in [2.45, 2.75) is 24.9 Å². The standard InChI is InChI=1S/C21H14F4N4O2/c1-31-20(30)15-9-14(11-4-6-12(22)7-5-11)26-19-17-13(10-2-3-10)8-16(21(23,24)25)27-18(17)28-29(15)19/h4-10H,2-3H2,1H3. The van der Waals surface area contributed by atoms with E-state index < -0.39 is 23.7 Å². The van der Waals surface area contributed by atoms with Gasteiger partial charge in [-0.2, -0.15) is 13.2 Å². The maximum Gasteiger partial charge on any atom is 0.433 e. The molecule has 1 saturated carbocycles. The molecule has 158 valence electrons. The number of methoxy groups -OCH3 is 1. The Labute approximate surface area is 172 Å². The Morgan fingerprint density at radius 2 is 1.84 bits per heavy atom. The molecule has 1 fully saturated rings. The van der Waals surface area contributed by atoms with Gasteiger partial charge >= 0.3 is 12.1 Å². The maximum absolute atomic E-state index is 13.4. The van der Waals surface area contributed by atoms with Crippen LogP contribution in [0.3, 0.4) is 0 Å². The summed E-state index contributed by atoms with van der Waals surface area (Å²) in [5, 5.41) is 4.53. The van der Waals surface area contributed by atoms with Crippen LogP contribution in [0, 0.1) is 5.82 Å². The quantitative estimate of drug-likeness (QED) is 0.346. The van der Waals surface area contributed by atoms with Crippen LogP contribution in [-0.4, -0.2) is 32.7 Å². The van der Waals surface area contributed by atoms with E-state index >= 15 is 0 Å². The van der Waals surface area contributed by atoms with Crippen LogP contribution in [0.1, 0.15) is 40.5 Å². The number of carbonyl (C=O) groups excluding carboxylic acids is 1. The second-order valence-corrected chi connectivity index (χ2v) is 7.33. The van der Waals surface area contributed by atoms with Crippen molar-refractivity contribution in [3.05, 3.63) is 59.2 Å². The average Bonchev–Trinajstić information content (AvgIpc) is 3.52. The molecule has 1 aliphatic carbocycles. The Balaban J connectivity index is 1.86. The zero-order valence-electron chi connectivity index (χ0n) is 16.1. The SMILES string of the molecule is COC(=O)c1cc(-c2ccc(F)cc2)nc2c3c(C4CC4)cc(C(F)(F)F)nc3nn12. The Morgan fingerprint density at radius 1 is 1.13 bits per heavy atom. The van der Waals surface area contributed by atoms with Crippen molar-refractivity contribution in [3.63, 3.8) is 0 Å². The minimum atomic E-state index is -4.63. The summed E-state index contributed by atoms with van der Waals surface area (Å²) in [6.07, 6.45) is -3.14. The normalized spacial score (nSPS) is 14.4. The minimum Gasteiger partial charge on any atom is -0.464 e. The van der Waals surface area contributed by atoms with E-state index in [4.69, 9.17) is 4.74 Å². The topological polar surface area (TPSA) is 69.4 Å². The van der Waals surface area contributed by atoms with E-state index in [0.29, 0.717) is 22.2 Å². The van der Waals surface area contributed by atoms with Crippen LogP contribution in [-0.2, 0) is 10.9 Å². The number of ether oxygens (including phenoxy) is 1. The fraction of sp³-hybridized carbons (Fsp3) is 0.238. The van der Waals surface area contributed by atoms with Gasteiger partial charge in [0.25, 0.3) is 0 Å². The molecule has 0 amide bonds. The Hall–Kier alpha value is -3.56. The number of fused-ring (bicyclic) bond motifs is 3. The first-order valence-electron chi connectivity index (χ1n) is 9.42. The van der Waals surface area contributed by atoms with E-state index in [1.807, 2.05) is 0 Å². The predicted molar refractivity (Wildman–Crippen MR) is 102 cm³/mol. The van der Waals surface area contributed by atoms with Gasteiger partial charge in [0.15, 0.2) is 17.0 Å². The van der Waals surface area contributed by atoms with E-state index in [1.54, 1.807) is 0 Å². The van der Waals surface area contributed by atoms with Crippen LogP contribution in [0.25, 0.3) is 27.9 Å². The van der Waals surface area contributed by atoms with Gasteiger partial charge in [-0.25, -0.2) is 23.7 Å². The zero-order valence-corrected chi connectivity index (χ0v) is 16.1. The number of aromatic nitrogens is 4. The molecule has 0 bridgehead atoms. The van der Waals surface area contributed by atoms with Crippen molar-refractivity contribution in [3.8, 4) is 11.3 Å². The number of rotatable bonds is 3. The van der Waals surface area contributed by atoms with Crippen molar-refractivity contribution >= 4 is 22.6 Å². The van der Waals surface area contributed by atoms with Gasteiger partial charge in [0.05, 0.1) is 18.2 Å². The molecule has 0 radical (unpaired) electrons. The zero-order chi connectivity index (χ0) is 21.9. The van der Waals surface area contributed by atoms with Gasteiger partial charge in [0.1, 0.15) is 11.5 Å². The molecule has 6 nitrogen and oxygen atoms in total. The molecule has 0 aliphatic heterocycles. The summed E-state index contributed by atoms with van der Waals surface area (Å²) in [7, 11) is 1.19. The van der Waals surface area contributed by atoms with E-state index in [2.05, 4.69) is 15.1 Å². The molecule has 5 rings (SSSR count). The molecule has 0 unspecified atom stereocenters. The first-order chi connectivity index (χ1) is 14.8. The third-order valence-electron chi connectivity index (χ3n) is 5.22. The van der Waals surface area contributed by atoms with Crippen molar-refractivity contribution in [2.75, 3.05) is 7.11 Å². The summed E-state index contributed by atoms with van der Waals surface area (Å²) >= 11 is 0. The van der Waals surface area contributed by atoms with Crippen LogP contribution in [0.2, 0.25) is 0 Å². The molecule has 4 aromatic rings. The Kier molecular flexibility index (Phi) is 4.21. The smallest absolute Gasteiger partial charge is 0.433 e. The van der Waals surface area contributed by atoms with Crippen molar-refractivity contribution in [1.82, 2.24) is 19.6 Å². The lowest BCUT2D eigenvalue weighted by molar-refractivity contribution is -0.141. The maximum atomic E-state index is 13.4. The van der Waals surface area contributed by atoms with Gasteiger partial charge in [0.2, 0.25) is 0 Å². The van der Waals surface area contributed by atoms with E-state index in [9.17, 15) is 22.4 Å². The van der Waals surface area contributed by atoms with Gasteiger partial charge in [-0.1, -0.05) is 0 Å². The van der Waals surface area contributed by atoms with Crippen LogP contribution in [0.15, 0.2) is 36.4 Å². The third-order valence-corrected chi connectivity index (χ3v) is 5.22. The lowest BCUT2D eigenvalue weighted by Gasteiger charge is -2.09. The number of carbonyl (C=O) groups is 1. The van der Waals surface area contributed by atoms with Crippen LogP contribution in [0.5, 0.6) is 0 Å². The molecule has 10 heteroatoms. The molecule has 0 N–H and O–H groups in total. The number of nitrogens with zero attached hydrogens (tertiary/aromatic N) is 4. The van der Waals surface area contributed by atoms with Gasteiger partial charge in [0, 0.05) is 5.56 Å². The lowest BCUT2D eigenvalue weighted by atomic mass is 10.1. The summed E-state index contributed by atoms with van der Waals surface area (Å²) in [6, 6.07) is 7.93. The van der Waals surface area contributed by atoms with E-state index in [1.165, 1.54) is 37.4 Å². The number of alkyl halides is 3. The van der Waals surface area contributed by atoms with Gasteiger partial charge in [-0.3, -0.25) is 0 Å².